The fourth-order valence-electron chi connectivity index (χ4n) is 2.05. The second kappa shape index (κ2) is 7.11. The fraction of sp³-hybridized carbons (Fsp3) is 0.267. The van der Waals surface area contributed by atoms with E-state index in [0.717, 1.165) is 30.3 Å². The summed E-state index contributed by atoms with van der Waals surface area (Å²) in [6.07, 6.45) is 2.56. The van der Waals surface area contributed by atoms with Gasteiger partial charge in [0.2, 0.25) is 5.78 Å². The van der Waals surface area contributed by atoms with Gasteiger partial charge >= 0.3 is 7.47 Å². The lowest BCUT2D eigenvalue weighted by atomic mass is 10.2. The molecule has 4 nitrogen and oxygen atoms in total. The molecule has 2 aromatic rings. The molecule has 0 aromatic carbocycles. The molecule has 2 heterocycles. The molecule has 0 bridgehead atoms. The van der Waals surface area contributed by atoms with E-state index in [0.29, 0.717) is 11.4 Å². The number of carbonyl (C=O) groups is 1. The van der Waals surface area contributed by atoms with Crippen LogP contribution >= 0.6 is 0 Å². The van der Waals surface area contributed by atoms with Crippen LogP contribution in [0, 0.1) is 0 Å². The lowest BCUT2D eigenvalue weighted by molar-refractivity contribution is 0.104. The highest BCUT2D eigenvalue weighted by Crippen LogP contribution is 2.19. The van der Waals surface area contributed by atoms with E-state index in [9.17, 15) is 13.4 Å². The Morgan fingerprint density at radius 3 is 2.14 bits per heavy atom. The number of halogens is 2. The normalized spacial score (nSPS) is 11.5. The molecule has 7 heteroatoms. The first-order chi connectivity index (χ1) is 10.5. The molecule has 0 aliphatic carbocycles. The van der Waals surface area contributed by atoms with Crippen molar-refractivity contribution in [3.63, 3.8) is 0 Å². The monoisotopic (exact) mass is 306 g/mol. The van der Waals surface area contributed by atoms with E-state index in [1.807, 2.05) is 13.8 Å². The Morgan fingerprint density at radius 1 is 1.09 bits per heavy atom. The van der Waals surface area contributed by atoms with Crippen molar-refractivity contribution >= 4 is 19.0 Å². The van der Waals surface area contributed by atoms with Crippen molar-refractivity contribution in [2.45, 2.75) is 26.7 Å². The van der Waals surface area contributed by atoms with E-state index in [1.54, 1.807) is 24.3 Å². The summed E-state index contributed by atoms with van der Waals surface area (Å²) >= 11 is 0. The maximum atomic E-state index is 12.6. The molecular weight excluding hydrogens is 289 g/mol. The number of nitrogens with one attached hydrogen (secondary N) is 2. The van der Waals surface area contributed by atoms with Crippen molar-refractivity contribution in [1.82, 2.24) is 9.97 Å². The van der Waals surface area contributed by atoms with Crippen LogP contribution in [0.5, 0.6) is 0 Å². The van der Waals surface area contributed by atoms with E-state index < -0.39 is 13.3 Å². The summed E-state index contributed by atoms with van der Waals surface area (Å²) in [6.45, 7) is 3.88. The predicted octanol–water partition coefficient (Wildman–Crippen LogP) is 3.63. The molecule has 0 unspecified atom stereocenters. The molecule has 22 heavy (non-hydrogen) atoms. The van der Waals surface area contributed by atoms with Gasteiger partial charge in [0.25, 0.3) is 0 Å². The Hall–Kier alpha value is -2.31. The third-order valence-corrected chi connectivity index (χ3v) is 3.26. The minimum Gasteiger partial charge on any atom is -0.503 e. The van der Waals surface area contributed by atoms with Crippen LogP contribution in [0.4, 0.5) is 8.63 Å². The molecule has 0 saturated carbocycles. The summed E-state index contributed by atoms with van der Waals surface area (Å²) in [7, 11) is -3.00. The van der Waals surface area contributed by atoms with Gasteiger partial charge in [-0.1, -0.05) is 13.8 Å². The molecule has 2 N–H and O–H groups in total. The van der Waals surface area contributed by atoms with Gasteiger partial charge in [0, 0.05) is 17.5 Å². The number of aromatic nitrogens is 2. The molecule has 0 saturated heterocycles. The Morgan fingerprint density at radius 2 is 1.64 bits per heavy atom. The predicted molar refractivity (Wildman–Crippen MR) is 81.7 cm³/mol. The first-order valence-electron chi connectivity index (χ1n) is 7.10. The van der Waals surface area contributed by atoms with Gasteiger partial charge in [0.15, 0.2) is 0 Å². The molecule has 116 valence electrons. The first kappa shape index (κ1) is 16.1. The zero-order valence-electron chi connectivity index (χ0n) is 12.5. The zero-order valence-corrected chi connectivity index (χ0v) is 12.5. The van der Waals surface area contributed by atoms with Gasteiger partial charge in [-0.3, -0.25) is 4.79 Å². The van der Waals surface area contributed by atoms with Crippen LogP contribution in [0.3, 0.4) is 0 Å². The van der Waals surface area contributed by atoms with Gasteiger partial charge in [-0.25, -0.2) is 8.63 Å². The molecule has 0 fully saturated rings. The molecule has 0 spiro atoms. The highest BCUT2D eigenvalue weighted by Gasteiger charge is 2.22. The summed E-state index contributed by atoms with van der Waals surface area (Å²) in [6, 6.07) is 6.81. The Labute approximate surface area is 127 Å². The number of rotatable bonds is 7. The van der Waals surface area contributed by atoms with Crippen LogP contribution in [0.15, 0.2) is 30.3 Å². The number of hydrogen-bond donors (Lipinski definition) is 2. The summed E-state index contributed by atoms with van der Waals surface area (Å²) in [5, 5.41) is 0. The second-order valence-corrected chi connectivity index (χ2v) is 4.75. The average Bonchev–Trinajstić information content (AvgIpc) is 3.15. The summed E-state index contributed by atoms with van der Waals surface area (Å²) in [4.78, 5) is 18.1. The van der Waals surface area contributed by atoms with Crippen molar-refractivity contribution in [3.05, 3.63) is 53.1 Å². The van der Waals surface area contributed by atoms with Crippen LogP contribution in [0.25, 0.3) is 5.76 Å². The molecule has 0 aliphatic heterocycles. The number of hydrogen-bond acceptors (Lipinski definition) is 2. The Bertz CT molecular complexity index is 677. The van der Waals surface area contributed by atoms with Crippen LogP contribution in [0.2, 0.25) is 0 Å². The van der Waals surface area contributed by atoms with Crippen LogP contribution < -0.4 is 0 Å². The molecule has 0 aliphatic rings. The van der Waals surface area contributed by atoms with Crippen LogP contribution in [0.1, 0.15) is 41.4 Å². The van der Waals surface area contributed by atoms with E-state index in [2.05, 4.69) is 14.6 Å². The highest BCUT2D eigenvalue weighted by atomic mass is 19.2. The lowest BCUT2D eigenvalue weighted by Crippen LogP contribution is -2.07. The smallest absolute Gasteiger partial charge is 0.503 e. The highest BCUT2D eigenvalue weighted by molar-refractivity contribution is 6.36. The Balaban J connectivity index is 2.29. The first-order valence-corrected chi connectivity index (χ1v) is 7.10. The largest absolute Gasteiger partial charge is 0.796 e. The number of H-pyrrole nitrogens is 2. The van der Waals surface area contributed by atoms with E-state index in [-0.39, 0.29) is 5.76 Å². The van der Waals surface area contributed by atoms with Crippen molar-refractivity contribution < 1.29 is 18.1 Å². The van der Waals surface area contributed by atoms with Crippen molar-refractivity contribution in [2.24, 2.45) is 0 Å². The molecule has 0 amide bonds. The lowest BCUT2D eigenvalue weighted by Gasteiger charge is -2.06. The van der Waals surface area contributed by atoms with Gasteiger partial charge in [-0.05, 0) is 37.1 Å². The molecule has 0 atom stereocenters. The van der Waals surface area contributed by atoms with Gasteiger partial charge < -0.3 is 14.6 Å². The SMILES string of the molecule is CCc1ccc(C(=O)/C=C(\OB(F)F)c2ccc(CC)[nH]2)[nH]1. The maximum absolute atomic E-state index is 12.6. The summed E-state index contributed by atoms with van der Waals surface area (Å²) in [5.41, 5.74) is 2.47. The number of carbonyl (C=O) groups excluding carboxylic acids is 1. The van der Waals surface area contributed by atoms with Gasteiger partial charge in [0.1, 0.15) is 5.76 Å². The standard InChI is InChI=1S/C15H17BF2N2O2/c1-3-10-5-7-12(19-10)14(21)9-15(22-16(17)18)13-8-6-11(4-2)20-13/h5-9,19-20H,3-4H2,1-2H3/b15-9-. The fourth-order valence-corrected chi connectivity index (χ4v) is 2.05. The molecule has 0 radical (unpaired) electrons. The number of aromatic amines is 2. The number of allylic oxidation sites excluding steroid dienone is 1. The molecule has 2 rings (SSSR count). The van der Waals surface area contributed by atoms with E-state index >= 15 is 0 Å². The molecule has 2 aromatic heterocycles. The van der Waals surface area contributed by atoms with Crippen LogP contribution in [-0.2, 0) is 17.5 Å². The quantitative estimate of drug-likeness (QED) is 0.355. The van der Waals surface area contributed by atoms with Gasteiger partial charge in [0.05, 0.1) is 11.4 Å². The number of ketones is 1. The van der Waals surface area contributed by atoms with E-state index in [4.69, 9.17) is 0 Å². The minimum absolute atomic E-state index is 0.174. The number of aryl methyl sites for hydroxylation is 2. The topological polar surface area (TPSA) is 57.9 Å². The van der Waals surface area contributed by atoms with Gasteiger partial charge in [-0.15, -0.1) is 0 Å². The van der Waals surface area contributed by atoms with Crippen molar-refractivity contribution in [1.29, 1.82) is 0 Å². The molecular formula is C15H17BF2N2O2. The van der Waals surface area contributed by atoms with Crippen LogP contribution in [-0.4, -0.2) is 23.2 Å². The average molecular weight is 306 g/mol. The minimum atomic E-state index is -3.00. The Kier molecular flexibility index (Phi) is 5.19. The van der Waals surface area contributed by atoms with E-state index in [1.165, 1.54) is 0 Å². The third kappa shape index (κ3) is 3.87. The third-order valence-electron chi connectivity index (χ3n) is 3.26. The zero-order chi connectivity index (χ0) is 16.1. The van der Waals surface area contributed by atoms with Crippen molar-refractivity contribution in [2.75, 3.05) is 0 Å². The van der Waals surface area contributed by atoms with Crippen molar-refractivity contribution in [3.8, 4) is 0 Å². The van der Waals surface area contributed by atoms with Gasteiger partial charge in [-0.2, -0.15) is 0 Å². The maximum Gasteiger partial charge on any atom is 0.796 e. The second-order valence-electron chi connectivity index (χ2n) is 4.75. The summed E-state index contributed by atoms with van der Waals surface area (Å²) in [5.74, 6) is -0.588. The summed E-state index contributed by atoms with van der Waals surface area (Å²) < 4.78 is 29.6.